The van der Waals surface area contributed by atoms with Crippen LogP contribution in [-0.2, 0) is 18.3 Å². The summed E-state index contributed by atoms with van der Waals surface area (Å²) in [7, 11) is 1.56. The molecule has 3 aromatic heterocycles. The molecule has 0 amide bonds. The number of hydrogen-bond acceptors (Lipinski definition) is 5. The molecule has 5 aromatic rings. The first-order valence-corrected chi connectivity index (χ1v) is 11.0. The van der Waals surface area contributed by atoms with Crippen LogP contribution in [0.2, 0.25) is 0 Å². The predicted molar refractivity (Wildman–Crippen MR) is 128 cm³/mol. The number of carbonyl (C=O) groups excluding carboxylic acids is 1. The van der Waals surface area contributed by atoms with Gasteiger partial charge in [-0.2, -0.15) is 4.98 Å². The summed E-state index contributed by atoms with van der Waals surface area (Å²) in [5.41, 5.74) is 2.09. The Labute approximate surface area is 198 Å². The van der Waals surface area contributed by atoms with Crippen molar-refractivity contribution in [3.8, 4) is 5.69 Å². The molecule has 0 saturated heterocycles. The van der Waals surface area contributed by atoms with Crippen LogP contribution in [-0.4, -0.2) is 35.7 Å². The molecule has 0 radical (unpaired) electrons. The van der Waals surface area contributed by atoms with Crippen molar-refractivity contribution in [1.29, 1.82) is 0 Å². The average molecular weight is 475 g/mol. The Morgan fingerprint density at radius 2 is 1.74 bits per heavy atom. The molecule has 0 fully saturated rings. The fourth-order valence-corrected chi connectivity index (χ4v) is 4.20. The highest BCUT2D eigenvalue weighted by Crippen LogP contribution is 2.21. The zero-order valence-corrected chi connectivity index (χ0v) is 19.4. The number of hydrogen-bond donors (Lipinski definition) is 0. The van der Waals surface area contributed by atoms with Crippen LogP contribution >= 0.6 is 0 Å². The van der Waals surface area contributed by atoms with Gasteiger partial charge in [-0.05, 0) is 55.8 Å². The van der Waals surface area contributed by atoms with Crippen LogP contribution in [0, 0.1) is 12.7 Å². The van der Waals surface area contributed by atoms with Crippen molar-refractivity contribution in [2.45, 2.75) is 20.4 Å². The van der Waals surface area contributed by atoms with E-state index in [0.29, 0.717) is 16.9 Å². The van der Waals surface area contributed by atoms with Crippen LogP contribution in [0.4, 0.5) is 4.39 Å². The van der Waals surface area contributed by atoms with Crippen LogP contribution in [0.15, 0.2) is 64.3 Å². The van der Waals surface area contributed by atoms with Crippen molar-refractivity contribution < 1.29 is 13.9 Å². The lowest BCUT2D eigenvalue weighted by molar-refractivity contribution is 0.0526. The molecule has 5 rings (SSSR count). The Morgan fingerprint density at radius 3 is 2.40 bits per heavy atom. The summed E-state index contributed by atoms with van der Waals surface area (Å²) < 4.78 is 24.3. The quantitative estimate of drug-likeness (QED) is 0.365. The van der Waals surface area contributed by atoms with E-state index >= 15 is 0 Å². The van der Waals surface area contributed by atoms with Gasteiger partial charge in [0.1, 0.15) is 5.82 Å². The Balaban J connectivity index is 1.67. The maximum Gasteiger partial charge on any atom is 0.338 e. The number of aromatic nitrogens is 5. The molecule has 178 valence electrons. The Hall–Kier alpha value is -4.47. The minimum atomic E-state index is -0.519. The predicted octanol–water partition coefficient (Wildman–Crippen LogP) is 2.81. The maximum absolute atomic E-state index is 13.4. The van der Waals surface area contributed by atoms with Gasteiger partial charge in [0.05, 0.1) is 18.7 Å². The molecule has 0 atom stereocenters. The molecule has 0 unspecified atom stereocenters. The molecule has 0 saturated carbocycles. The molecule has 0 aliphatic heterocycles. The first-order valence-electron chi connectivity index (χ1n) is 11.0. The summed E-state index contributed by atoms with van der Waals surface area (Å²) in [6.45, 7) is 3.91. The van der Waals surface area contributed by atoms with E-state index in [2.05, 4.69) is 4.98 Å². The number of imidazole rings is 2. The summed E-state index contributed by atoms with van der Waals surface area (Å²) in [6, 6.07) is 12.5. The summed E-state index contributed by atoms with van der Waals surface area (Å²) >= 11 is 0. The van der Waals surface area contributed by atoms with Gasteiger partial charge in [0.25, 0.3) is 5.56 Å². The fourth-order valence-electron chi connectivity index (χ4n) is 4.20. The standard InChI is InChI=1S/C25H22FN5O4/c1-4-35-23(33)17-7-11-19(12-8-17)31-15(2)13-29-20-21(27-24(29)31)28(3)25(34)30(22(20)32)14-16-5-9-18(26)10-6-16/h5-13H,4,14H2,1-3H3. The normalized spacial score (nSPS) is 11.4. The zero-order valence-electron chi connectivity index (χ0n) is 19.4. The number of esters is 1. The molecule has 2 aromatic carbocycles. The van der Waals surface area contributed by atoms with Crippen molar-refractivity contribution >= 4 is 22.9 Å². The van der Waals surface area contributed by atoms with Crippen LogP contribution < -0.4 is 11.2 Å². The third kappa shape index (κ3) is 3.63. The molecule has 0 spiro atoms. The minimum Gasteiger partial charge on any atom is -0.462 e. The Kier molecular flexibility index (Phi) is 5.35. The highest BCUT2D eigenvalue weighted by atomic mass is 19.1. The average Bonchev–Trinajstić information content (AvgIpc) is 3.36. The molecule has 0 aliphatic rings. The van der Waals surface area contributed by atoms with Crippen molar-refractivity contribution in [1.82, 2.24) is 23.1 Å². The number of aryl methyl sites for hydroxylation is 2. The molecular weight excluding hydrogens is 453 g/mol. The Morgan fingerprint density at radius 1 is 1.06 bits per heavy atom. The van der Waals surface area contributed by atoms with E-state index in [1.165, 1.54) is 28.8 Å². The zero-order chi connectivity index (χ0) is 24.9. The van der Waals surface area contributed by atoms with Gasteiger partial charge in [-0.25, -0.2) is 14.0 Å². The number of nitrogens with zero attached hydrogens (tertiary/aromatic N) is 5. The van der Waals surface area contributed by atoms with Crippen LogP contribution in [0.3, 0.4) is 0 Å². The van der Waals surface area contributed by atoms with Crippen molar-refractivity contribution in [3.63, 3.8) is 0 Å². The summed E-state index contributed by atoms with van der Waals surface area (Å²) in [4.78, 5) is 43.0. The van der Waals surface area contributed by atoms with Crippen molar-refractivity contribution in [2.24, 2.45) is 7.05 Å². The lowest BCUT2D eigenvalue weighted by atomic mass is 10.2. The van der Waals surface area contributed by atoms with Crippen LogP contribution in [0.25, 0.3) is 22.6 Å². The van der Waals surface area contributed by atoms with Gasteiger partial charge in [0.2, 0.25) is 5.78 Å². The van der Waals surface area contributed by atoms with Gasteiger partial charge in [0.15, 0.2) is 11.2 Å². The van der Waals surface area contributed by atoms with E-state index in [9.17, 15) is 18.8 Å². The molecule has 9 nitrogen and oxygen atoms in total. The molecule has 0 N–H and O–H groups in total. The Bertz CT molecular complexity index is 1710. The van der Waals surface area contributed by atoms with Crippen molar-refractivity contribution in [3.05, 3.63) is 98.2 Å². The molecule has 0 aliphatic carbocycles. The van der Waals surface area contributed by atoms with Gasteiger partial charge >= 0.3 is 11.7 Å². The lowest BCUT2D eigenvalue weighted by Crippen LogP contribution is -2.39. The number of carbonyl (C=O) groups is 1. The SMILES string of the molecule is CCOC(=O)c1ccc(-n2c(C)cn3c4c(=O)n(Cc5ccc(F)cc5)c(=O)n(C)c4nc23)cc1. The third-order valence-corrected chi connectivity index (χ3v) is 5.92. The van der Waals surface area contributed by atoms with Crippen molar-refractivity contribution in [2.75, 3.05) is 6.61 Å². The summed E-state index contributed by atoms with van der Waals surface area (Å²) in [6.07, 6.45) is 1.78. The number of fused-ring (bicyclic) bond motifs is 3. The molecule has 0 bridgehead atoms. The lowest BCUT2D eigenvalue weighted by Gasteiger charge is -2.08. The smallest absolute Gasteiger partial charge is 0.338 e. The first kappa shape index (κ1) is 22.3. The second-order valence-corrected chi connectivity index (χ2v) is 8.19. The third-order valence-electron chi connectivity index (χ3n) is 5.92. The fraction of sp³-hybridized carbons (Fsp3) is 0.200. The number of benzene rings is 2. The highest BCUT2D eigenvalue weighted by Gasteiger charge is 2.21. The summed E-state index contributed by atoms with van der Waals surface area (Å²) in [5.74, 6) is -0.348. The van der Waals surface area contributed by atoms with Crippen LogP contribution in [0.5, 0.6) is 0 Å². The van der Waals surface area contributed by atoms with E-state index in [-0.39, 0.29) is 24.3 Å². The highest BCUT2D eigenvalue weighted by molar-refractivity contribution is 5.89. The number of rotatable bonds is 5. The van der Waals surface area contributed by atoms with E-state index in [1.54, 1.807) is 48.8 Å². The van der Waals surface area contributed by atoms with Gasteiger partial charge in [-0.3, -0.25) is 22.9 Å². The number of ether oxygens (including phenoxy) is 1. The monoisotopic (exact) mass is 475 g/mol. The maximum atomic E-state index is 13.4. The topological polar surface area (TPSA) is 92.5 Å². The molecular formula is C25H22FN5O4. The number of halogens is 1. The van der Waals surface area contributed by atoms with E-state index in [1.807, 2.05) is 11.5 Å². The second-order valence-electron chi connectivity index (χ2n) is 8.19. The second kappa shape index (κ2) is 8.39. The molecule has 3 heterocycles. The van der Waals surface area contributed by atoms with Gasteiger partial charge in [-0.15, -0.1) is 0 Å². The van der Waals surface area contributed by atoms with E-state index < -0.39 is 23.0 Å². The van der Waals surface area contributed by atoms with Crippen LogP contribution in [0.1, 0.15) is 28.5 Å². The van der Waals surface area contributed by atoms with Gasteiger partial charge < -0.3 is 4.74 Å². The van der Waals surface area contributed by atoms with E-state index in [4.69, 9.17) is 4.74 Å². The summed E-state index contributed by atoms with van der Waals surface area (Å²) in [5, 5.41) is 0. The van der Waals surface area contributed by atoms with Gasteiger partial charge in [-0.1, -0.05) is 12.1 Å². The first-order chi connectivity index (χ1) is 16.8. The van der Waals surface area contributed by atoms with Gasteiger partial charge in [0, 0.05) is 24.6 Å². The minimum absolute atomic E-state index is 0.00394. The largest absolute Gasteiger partial charge is 0.462 e. The molecule has 10 heteroatoms. The molecule has 35 heavy (non-hydrogen) atoms. The van der Waals surface area contributed by atoms with E-state index in [0.717, 1.165) is 15.9 Å².